The number of ether oxygens (including phenoxy) is 2. The Kier molecular flexibility index (Phi) is 7.53. The molecule has 0 aromatic heterocycles. The fourth-order valence-electron chi connectivity index (χ4n) is 3.29. The molecular weight excluding hydrogens is 448 g/mol. The van der Waals surface area contributed by atoms with Gasteiger partial charge >= 0.3 is 0 Å². The first-order chi connectivity index (χ1) is 15.3. The first kappa shape index (κ1) is 23.8. The van der Waals surface area contributed by atoms with E-state index in [1.807, 2.05) is 39.0 Å². The highest BCUT2D eigenvalue weighted by Gasteiger charge is 2.35. The monoisotopic (exact) mass is 472 g/mol. The molecule has 0 aliphatic carbocycles. The molecule has 3 rings (SSSR count). The van der Waals surface area contributed by atoms with Gasteiger partial charge in [-0.2, -0.15) is 0 Å². The second-order valence-corrected chi connectivity index (χ2v) is 8.10. The molecular formula is C24H25ClN2O4S. The zero-order valence-corrected chi connectivity index (χ0v) is 20.0. The molecule has 2 aromatic carbocycles. The minimum Gasteiger partial charge on any atom is -0.493 e. The van der Waals surface area contributed by atoms with Crippen LogP contribution in [0.4, 0.5) is 5.69 Å². The zero-order chi connectivity index (χ0) is 23.4. The van der Waals surface area contributed by atoms with Crippen molar-refractivity contribution in [1.29, 1.82) is 0 Å². The molecule has 1 heterocycles. The predicted molar refractivity (Wildman–Crippen MR) is 130 cm³/mol. The number of hydrogen-bond donors (Lipinski definition) is 1. The lowest BCUT2D eigenvalue weighted by molar-refractivity contribution is -0.122. The maximum Gasteiger partial charge on any atom is 0.270 e. The third kappa shape index (κ3) is 4.79. The molecule has 6 nitrogen and oxygen atoms in total. The Labute approximate surface area is 198 Å². The molecule has 1 unspecified atom stereocenters. The largest absolute Gasteiger partial charge is 0.493 e. The van der Waals surface area contributed by atoms with E-state index in [2.05, 4.69) is 5.32 Å². The Morgan fingerprint density at radius 3 is 2.59 bits per heavy atom. The summed E-state index contributed by atoms with van der Waals surface area (Å²) in [6.07, 6.45) is 2.93. The van der Waals surface area contributed by atoms with Crippen LogP contribution in [-0.2, 0) is 16.0 Å². The van der Waals surface area contributed by atoms with Gasteiger partial charge in [0.1, 0.15) is 5.57 Å². The van der Waals surface area contributed by atoms with E-state index in [9.17, 15) is 9.59 Å². The minimum atomic E-state index is -0.569. The predicted octanol–water partition coefficient (Wildman–Crippen LogP) is 4.92. The Bertz CT molecular complexity index is 1100. The van der Waals surface area contributed by atoms with E-state index in [0.29, 0.717) is 34.2 Å². The number of nitrogens with one attached hydrogen (secondary N) is 1. The van der Waals surface area contributed by atoms with E-state index in [0.717, 1.165) is 12.0 Å². The molecule has 0 radical (unpaired) electrons. The van der Waals surface area contributed by atoms with Gasteiger partial charge in [0.15, 0.2) is 16.6 Å². The van der Waals surface area contributed by atoms with Crippen molar-refractivity contribution in [3.05, 3.63) is 58.1 Å². The number of carbonyl (C=O) groups excluding carboxylic acids is 2. The number of halogens is 1. The van der Waals surface area contributed by atoms with Gasteiger partial charge in [0, 0.05) is 0 Å². The highest BCUT2D eigenvalue weighted by molar-refractivity contribution is 7.80. The van der Waals surface area contributed by atoms with Gasteiger partial charge in [-0.25, -0.2) is 0 Å². The van der Waals surface area contributed by atoms with Crippen molar-refractivity contribution in [1.82, 2.24) is 5.32 Å². The van der Waals surface area contributed by atoms with Crippen molar-refractivity contribution >= 4 is 52.5 Å². The third-order valence-electron chi connectivity index (χ3n) is 5.17. The number of carbonyl (C=O) groups is 2. The van der Waals surface area contributed by atoms with Crippen molar-refractivity contribution < 1.29 is 19.1 Å². The Balaban J connectivity index is 2.03. The number of para-hydroxylation sites is 1. The van der Waals surface area contributed by atoms with Crippen molar-refractivity contribution in [3.63, 3.8) is 0 Å². The van der Waals surface area contributed by atoms with Crippen LogP contribution < -0.4 is 19.7 Å². The normalized spacial score (nSPS) is 16.2. The highest BCUT2D eigenvalue weighted by atomic mass is 35.5. The zero-order valence-electron chi connectivity index (χ0n) is 18.4. The number of benzene rings is 2. The van der Waals surface area contributed by atoms with E-state index in [4.69, 9.17) is 33.3 Å². The van der Waals surface area contributed by atoms with Gasteiger partial charge in [0.05, 0.1) is 23.9 Å². The minimum absolute atomic E-state index is 0.0472. The molecule has 1 atom stereocenters. The third-order valence-corrected chi connectivity index (χ3v) is 5.74. The number of aryl methyl sites for hydroxylation is 1. The lowest BCUT2D eigenvalue weighted by Gasteiger charge is -2.30. The van der Waals surface area contributed by atoms with Gasteiger partial charge in [-0.1, -0.05) is 43.6 Å². The summed E-state index contributed by atoms with van der Waals surface area (Å²) in [4.78, 5) is 27.3. The van der Waals surface area contributed by atoms with Crippen molar-refractivity contribution in [2.45, 2.75) is 39.7 Å². The van der Waals surface area contributed by atoms with Crippen LogP contribution in [0.3, 0.4) is 0 Å². The van der Waals surface area contributed by atoms with E-state index in [1.165, 1.54) is 18.1 Å². The smallest absolute Gasteiger partial charge is 0.270 e. The molecule has 1 N–H and O–H groups in total. The second kappa shape index (κ2) is 10.1. The summed E-state index contributed by atoms with van der Waals surface area (Å²) in [6, 6.07) is 10.8. The van der Waals surface area contributed by atoms with E-state index >= 15 is 0 Å². The molecule has 1 aliphatic heterocycles. The fourth-order valence-corrected chi connectivity index (χ4v) is 3.83. The lowest BCUT2D eigenvalue weighted by Crippen LogP contribution is -2.54. The Morgan fingerprint density at radius 1 is 1.22 bits per heavy atom. The van der Waals surface area contributed by atoms with Crippen LogP contribution >= 0.6 is 23.8 Å². The molecule has 1 aliphatic rings. The van der Waals surface area contributed by atoms with Gasteiger partial charge in [-0.05, 0) is 67.4 Å². The quantitative estimate of drug-likeness (QED) is 0.352. The van der Waals surface area contributed by atoms with Crippen LogP contribution in [0.2, 0.25) is 5.02 Å². The van der Waals surface area contributed by atoms with Gasteiger partial charge in [-0.15, -0.1) is 0 Å². The van der Waals surface area contributed by atoms with Gasteiger partial charge in [-0.3, -0.25) is 19.8 Å². The van der Waals surface area contributed by atoms with Crippen LogP contribution in [0.5, 0.6) is 11.5 Å². The topological polar surface area (TPSA) is 67.9 Å². The number of thiocarbonyl (C=S) groups is 1. The summed E-state index contributed by atoms with van der Waals surface area (Å²) in [5, 5.41) is 2.98. The second-order valence-electron chi connectivity index (χ2n) is 7.31. The molecule has 32 heavy (non-hydrogen) atoms. The summed E-state index contributed by atoms with van der Waals surface area (Å²) < 4.78 is 11.3. The highest BCUT2D eigenvalue weighted by Crippen LogP contribution is 2.38. The average molecular weight is 473 g/mol. The maximum absolute atomic E-state index is 13.3. The number of hydrogen-bond acceptors (Lipinski definition) is 5. The van der Waals surface area contributed by atoms with Crippen LogP contribution in [0.1, 0.15) is 38.3 Å². The summed E-state index contributed by atoms with van der Waals surface area (Å²) in [5.41, 5.74) is 2.05. The molecule has 2 aromatic rings. The molecule has 8 heteroatoms. The fraction of sp³-hybridized carbons (Fsp3) is 0.292. The Morgan fingerprint density at radius 2 is 1.94 bits per heavy atom. The van der Waals surface area contributed by atoms with Crippen molar-refractivity contribution in [2.75, 3.05) is 12.0 Å². The maximum atomic E-state index is 13.3. The van der Waals surface area contributed by atoms with Crippen molar-refractivity contribution in [2.24, 2.45) is 0 Å². The van der Waals surface area contributed by atoms with Crippen LogP contribution in [0.25, 0.3) is 6.08 Å². The summed E-state index contributed by atoms with van der Waals surface area (Å²) in [7, 11) is 1.51. The molecule has 0 spiro atoms. The SMILES string of the molecule is CCc1ccccc1N1C(=O)/C(=C/c2cc(Cl)c(OC(C)CC)c(OC)c2)C(=O)NC1=S. The molecule has 1 saturated heterocycles. The molecule has 0 bridgehead atoms. The Hall–Kier alpha value is -2.90. The number of amides is 2. The van der Waals surface area contributed by atoms with Gasteiger partial charge in [0.25, 0.3) is 11.8 Å². The number of methoxy groups -OCH3 is 1. The number of rotatable bonds is 7. The van der Waals surface area contributed by atoms with Crippen molar-refractivity contribution in [3.8, 4) is 11.5 Å². The lowest BCUT2D eigenvalue weighted by atomic mass is 10.0. The molecule has 1 fully saturated rings. The van der Waals surface area contributed by atoms with Crippen LogP contribution in [0.15, 0.2) is 42.0 Å². The summed E-state index contributed by atoms with van der Waals surface area (Å²) in [6.45, 7) is 5.93. The van der Waals surface area contributed by atoms with Gasteiger partial charge < -0.3 is 9.47 Å². The van der Waals surface area contributed by atoms with Crippen LogP contribution in [0, 0.1) is 0 Å². The molecule has 0 saturated carbocycles. The average Bonchev–Trinajstić information content (AvgIpc) is 2.78. The van der Waals surface area contributed by atoms with Crippen LogP contribution in [-0.4, -0.2) is 30.1 Å². The van der Waals surface area contributed by atoms with E-state index in [1.54, 1.807) is 18.2 Å². The standard InChI is InChI=1S/C24H25ClN2O4S/c1-5-14(3)31-21-18(25)12-15(13-20(21)30-4)11-17-22(28)26-24(32)27(23(17)29)19-10-8-7-9-16(19)6-2/h7-14H,5-6H2,1-4H3,(H,26,28,32)/b17-11+. The molecule has 168 valence electrons. The van der Waals surface area contributed by atoms with E-state index in [-0.39, 0.29) is 16.8 Å². The van der Waals surface area contributed by atoms with Gasteiger partial charge in [0.2, 0.25) is 0 Å². The first-order valence-corrected chi connectivity index (χ1v) is 11.1. The molecule has 2 amide bonds. The number of nitrogens with zero attached hydrogens (tertiary/aromatic N) is 1. The van der Waals surface area contributed by atoms with E-state index < -0.39 is 11.8 Å². The first-order valence-electron chi connectivity index (χ1n) is 10.3. The summed E-state index contributed by atoms with van der Waals surface area (Å²) >= 11 is 11.7. The summed E-state index contributed by atoms with van der Waals surface area (Å²) in [5.74, 6) is -0.239. The number of anilines is 1.